The Kier molecular flexibility index (Phi) is 11.9. The van der Waals surface area contributed by atoms with Crippen molar-refractivity contribution in [3.05, 3.63) is 57.9 Å². The van der Waals surface area contributed by atoms with Gasteiger partial charge in [0.25, 0.3) is 10.4 Å². The molecule has 0 bridgehead atoms. The summed E-state index contributed by atoms with van der Waals surface area (Å²) in [4.78, 5) is 13.7. The Morgan fingerprint density at radius 3 is 2.63 bits per heavy atom. The molecule has 1 fully saturated rings. The lowest BCUT2D eigenvalue weighted by Gasteiger charge is -2.41. The lowest BCUT2D eigenvalue weighted by molar-refractivity contribution is -0.124. The first kappa shape index (κ1) is 35.5. The molecule has 43 heavy (non-hydrogen) atoms. The topological polar surface area (TPSA) is 155 Å². The van der Waals surface area contributed by atoms with Crippen molar-refractivity contribution in [3.8, 4) is 6.07 Å². The van der Waals surface area contributed by atoms with E-state index in [2.05, 4.69) is 21.4 Å². The highest BCUT2D eigenvalue weighted by Crippen LogP contribution is 2.53. The molecular formula is C29H39Cl2F2N4O5S+. The molecule has 2 aliphatic rings. The van der Waals surface area contributed by atoms with E-state index in [1.165, 1.54) is 30.4 Å². The molecule has 4 unspecified atom stereocenters. The van der Waals surface area contributed by atoms with Gasteiger partial charge < -0.3 is 20.8 Å². The van der Waals surface area contributed by atoms with Gasteiger partial charge in [0, 0.05) is 41.6 Å². The van der Waals surface area contributed by atoms with Crippen LogP contribution in [0.4, 0.5) is 8.78 Å². The SMILES string of the molecule is CC(C)(CCN[S+](C)(=O)O)CC1N[C@@H](C(=O)NCC[C@H](O)CO)[C@H](C2C=CC=C(Cl)C2F)[C@@]1(C#N)c1ccc(Cl)cc1F. The number of aliphatic hydroxyl groups is 2. The van der Waals surface area contributed by atoms with Crippen LogP contribution in [0.15, 0.2) is 41.5 Å². The zero-order chi connectivity index (χ0) is 32.2. The van der Waals surface area contributed by atoms with Crippen molar-refractivity contribution in [1.29, 1.82) is 5.26 Å². The Labute approximate surface area is 262 Å². The van der Waals surface area contributed by atoms with Crippen molar-refractivity contribution in [3.63, 3.8) is 0 Å². The summed E-state index contributed by atoms with van der Waals surface area (Å²) in [6.45, 7) is 3.41. The lowest BCUT2D eigenvalue weighted by Crippen LogP contribution is -2.50. The second kappa shape index (κ2) is 14.4. The summed E-state index contributed by atoms with van der Waals surface area (Å²) in [7, 11) is -3.21. The second-order valence-corrected chi connectivity index (χ2v) is 14.7. The molecule has 9 nitrogen and oxygen atoms in total. The molecule has 238 valence electrons. The van der Waals surface area contributed by atoms with Crippen molar-refractivity contribution in [2.45, 2.75) is 62.9 Å². The normalized spacial score (nSPS) is 29.4. The fourth-order valence-corrected chi connectivity index (χ4v) is 6.94. The first-order chi connectivity index (χ1) is 20.1. The van der Waals surface area contributed by atoms with E-state index in [1.807, 2.05) is 13.8 Å². The van der Waals surface area contributed by atoms with Gasteiger partial charge in [0.05, 0.1) is 29.9 Å². The van der Waals surface area contributed by atoms with E-state index in [9.17, 15) is 23.9 Å². The first-order valence-corrected chi connectivity index (χ1v) is 16.6. The van der Waals surface area contributed by atoms with Crippen LogP contribution in [-0.2, 0) is 24.8 Å². The third-order valence-corrected chi connectivity index (χ3v) is 9.49. The van der Waals surface area contributed by atoms with Gasteiger partial charge in [-0.2, -0.15) is 9.81 Å². The van der Waals surface area contributed by atoms with Gasteiger partial charge in [-0.25, -0.2) is 8.78 Å². The highest BCUT2D eigenvalue weighted by Gasteiger charge is 2.63. The van der Waals surface area contributed by atoms with Gasteiger partial charge in [0.2, 0.25) is 5.91 Å². The summed E-state index contributed by atoms with van der Waals surface area (Å²) in [5, 5.41) is 35.8. The highest BCUT2D eigenvalue weighted by atomic mass is 35.5. The van der Waals surface area contributed by atoms with Crippen LogP contribution in [0, 0.1) is 34.4 Å². The van der Waals surface area contributed by atoms with Crippen molar-refractivity contribution < 1.29 is 32.6 Å². The smallest absolute Gasteiger partial charge is 0.285 e. The number of carbonyl (C=O) groups is 1. The van der Waals surface area contributed by atoms with Crippen LogP contribution < -0.4 is 15.4 Å². The maximum Gasteiger partial charge on any atom is 0.285 e. The fraction of sp³-hybridized carbons (Fsp3) is 0.586. The van der Waals surface area contributed by atoms with Crippen molar-refractivity contribution in [2.75, 3.05) is 26.0 Å². The number of hydrogen-bond donors (Lipinski definition) is 6. The lowest BCUT2D eigenvalue weighted by atomic mass is 9.59. The Balaban J connectivity index is 2.14. The maximum absolute atomic E-state index is 15.9. The molecule has 1 amide bonds. The molecule has 0 spiro atoms. The van der Waals surface area contributed by atoms with E-state index in [1.54, 1.807) is 0 Å². The summed E-state index contributed by atoms with van der Waals surface area (Å²) in [5.41, 5.74) is -2.47. The number of nitriles is 1. The number of carbonyl (C=O) groups excluding carboxylic acids is 1. The highest BCUT2D eigenvalue weighted by molar-refractivity contribution is 7.95. The molecule has 14 heteroatoms. The number of alkyl halides is 1. The van der Waals surface area contributed by atoms with Crippen LogP contribution in [0.25, 0.3) is 0 Å². The molecule has 1 saturated heterocycles. The van der Waals surface area contributed by atoms with E-state index in [0.717, 1.165) is 12.3 Å². The third-order valence-electron chi connectivity index (χ3n) is 8.18. The predicted molar refractivity (Wildman–Crippen MR) is 163 cm³/mol. The van der Waals surface area contributed by atoms with E-state index < -0.39 is 75.8 Å². The van der Waals surface area contributed by atoms with Crippen molar-refractivity contribution in [2.24, 2.45) is 17.3 Å². The number of allylic oxidation sites excluding steroid dienone is 4. The molecule has 6 N–H and O–H groups in total. The summed E-state index contributed by atoms with van der Waals surface area (Å²) >= 11 is 12.3. The Morgan fingerprint density at radius 1 is 1.33 bits per heavy atom. The van der Waals surface area contributed by atoms with Crippen LogP contribution in [0.2, 0.25) is 5.02 Å². The minimum Gasteiger partial charge on any atom is -0.394 e. The number of hydrogen-bond acceptors (Lipinski definition) is 6. The summed E-state index contributed by atoms with van der Waals surface area (Å²) in [5.74, 6) is -3.65. The molecule has 0 radical (unpaired) electrons. The van der Waals surface area contributed by atoms with E-state index >= 15 is 8.78 Å². The molecule has 3 rings (SSSR count). The van der Waals surface area contributed by atoms with Gasteiger partial charge >= 0.3 is 0 Å². The summed E-state index contributed by atoms with van der Waals surface area (Å²) in [6.07, 6.45) is 3.37. The number of nitrogens with one attached hydrogen (secondary N) is 3. The van der Waals surface area contributed by atoms with Gasteiger partial charge in [-0.05, 0) is 47.1 Å². The number of amides is 1. The number of rotatable bonds is 13. The molecule has 1 aliphatic heterocycles. The molecule has 1 aliphatic carbocycles. The van der Waals surface area contributed by atoms with Gasteiger partial charge in [0.15, 0.2) is 6.26 Å². The zero-order valence-corrected chi connectivity index (χ0v) is 26.5. The summed E-state index contributed by atoms with van der Waals surface area (Å²) < 4.78 is 55.7. The Morgan fingerprint density at radius 2 is 2.02 bits per heavy atom. The van der Waals surface area contributed by atoms with Gasteiger partial charge in [-0.1, -0.05) is 55.3 Å². The van der Waals surface area contributed by atoms with Crippen LogP contribution in [0.3, 0.4) is 0 Å². The third kappa shape index (κ3) is 8.41. The van der Waals surface area contributed by atoms with E-state index in [0.29, 0.717) is 6.42 Å². The number of benzene rings is 1. The number of halogens is 4. The Hall–Kier alpha value is -1.95. The largest absolute Gasteiger partial charge is 0.394 e. The molecule has 8 atom stereocenters. The van der Waals surface area contributed by atoms with Crippen LogP contribution in [0.1, 0.15) is 38.7 Å². The second-order valence-electron chi connectivity index (χ2n) is 12.0. The summed E-state index contributed by atoms with van der Waals surface area (Å²) in [6, 6.07) is 4.09. The van der Waals surface area contributed by atoms with Gasteiger partial charge in [-0.3, -0.25) is 4.79 Å². The average molecular weight is 665 g/mol. The van der Waals surface area contributed by atoms with Crippen molar-refractivity contribution in [1.82, 2.24) is 15.4 Å². The minimum atomic E-state index is -3.21. The molecular weight excluding hydrogens is 625 g/mol. The molecule has 1 heterocycles. The first-order valence-electron chi connectivity index (χ1n) is 13.9. The molecule has 0 saturated carbocycles. The maximum atomic E-state index is 15.9. The number of aliphatic hydroxyl groups excluding tert-OH is 2. The Bertz CT molecular complexity index is 1320. The predicted octanol–water partition coefficient (Wildman–Crippen LogP) is 3.62. The van der Waals surface area contributed by atoms with E-state index in [-0.39, 0.29) is 41.5 Å². The quantitative estimate of drug-likeness (QED) is 0.176. The number of nitrogens with zero attached hydrogens (tertiary/aromatic N) is 1. The van der Waals surface area contributed by atoms with Crippen LogP contribution in [0.5, 0.6) is 0 Å². The fourth-order valence-electron chi connectivity index (χ4n) is 6.08. The molecule has 0 aromatic heterocycles. The average Bonchev–Trinajstić information content (AvgIpc) is 3.22. The van der Waals surface area contributed by atoms with Crippen LogP contribution in [-0.4, -0.2) is 71.0 Å². The van der Waals surface area contributed by atoms with Crippen LogP contribution >= 0.6 is 23.2 Å². The minimum absolute atomic E-state index is 0.0141. The standard InChI is InChI=1S/C29H38Cl2F2N4O5S/c1-28(2,10-12-36-43(3,41)42)14-23-29(16-34,20-8-7-17(30)13-22(20)32)24(19-5-4-6-21(31)25(19)33)26(37-23)27(40)35-11-9-18(39)15-38/h4-8,13,18-19,23-26,37-39H,9-12,14-15H2,1-3H3,(H2-,35,36,40,41,42)/p+1/t18-,19?,23?,24-,25?,26+,29-/m0/s1. The van der Waals surface area contributed by atoms with Crippen molar-refractivity contribution >= 4 is 39.5 Å². The monoisotopic (exact) mass is 663 g/mol. The van der Waals surface area contributed by atoms with Gasteiger partial charge in [0.1, 0.15) is 17.4 Å². The molecule has 1 aromatic carbocycles. The van der Waals surface area contributed by atoms with E-state index in [4.69, 9.17) is 28.3 Å². The zero-order valence-electron chi connectivity index (χ0n) is 24.2. The van der Waals surface area contributed by atoms with Gasteiger partial charge in [-0.15, -0.1) is 4.72 Å². The molecule has 1 aromatic rings.